The standard InChI is InChI=1S/C36H49N5O9S2/c1-10-20-18-36(20,32(44)40-52(46,47)22-11-12-22)39-29(42)25-17-21(49-30-24-13-14-26(48-8)27(51-9)23(24)15-16-37-30)19-41(25)31(43)28(34(2,3)4)38-33(45)50-35(5,6)7/h10,13-16,20-22,25,28H,1,11-12,17-19H2,2-9H3,(H,38,45)(H,39,42)(H,40,44)/t20?,21-,25+,28-,36-/m1/s1. The van der Waals surface area contributed by atoms with Gasteiger partial charge in [0.25, 0.3) is 5.91 Å². The number of ether oxygens (including phenoxy) is 3. The van der Waals surface area contributed by atoms with E-state index in [2.05, 4.69) is 26.9 Å². The molecule has 3 aliphatic rings. The number of thioether (sulfide) groups is 1. The van der Waals surface area contributed by atoms with Crippen LogP contribution in [0.2, 0.25) is 0 Å². The monoisotopic (exact) mass is 759 g/mol. The Bertz CT molecular complexity index is 1870. The van der Waals surface area contributed by atoms with Crippen molar-refractivity contribution in [2.75, 3.05) is 19.9 Å². The molecule has 1 saturated heterocycles. The van der Waals surface area contributed by atoms with E-state index in [1.807, 2.05) is 24.5 Å². The van der Waals surface area contributed by atoms with E-state index in [4.69, 9.17) is 14.2 Å². The normalized spacial score (nSPS) is 23.7. The number of amides is 4. The van der Waals surface area contributed by atoms with Gasteiger partial charge in [-0.25, -0.2) is 18.2 Å². The highest BCUT2D eigenvalue weighted by molar-refractivity contribution is 7.99. The minimum Gasteiger partial charge on any atom is -0.496 e. The summed E-state index contributed by atoms with van der Waals surface area (Å²) in [7, 11) is -2.31. The first-order valence-electron chi connectivity index (χ1n) is 17.2. The lowest BCUT2D eigenvalue weighted by molar-refractivity contribution is -0.143. The number of sulfonamides is 1. The summed E-state index contributed by atoms with van der Waals surface area (Å²) in [5.74, 6) is -1.62. The van der Waals surface area contributed by atoms with E-state index in [1.54, 1.807) is 54.8 Å². The minimum atomic E-state index is -3.90. The van der Waals surface area contributed by atoms with E-state index in [0.717, 1.165) is 10.3 Å². The highest BCUT2D eigenvalue weighted by Crippen LogP contribution is 2.46. The first kappa shape index (κ1) is 39.2. The van der Waals surface area contributed by atoms with Gasteiger partial charge < -0.3 is 29.7 Å². The quantitative estimate of drug-likeness (QED) is 0.211. The Kier molecular flexibility index (Phi) is 10.9. The average molecular weight is 760 g/mol. The maximum Gasteiger partial charge on any atom is 0.408 e. The van der Waals surface area contributed by atoms with Crippen LogP contribution in [0.3, 0.4) is 0 Å². The zero-order chi connectivity index (χ0) is 38.4. The predicted octanol–water partition coefficient (Wildman–Crippen LogP) is 3.92. The van der Waals surface area contributed by atoms with Crippen molar-refractivity contribution >= 4 is 56.4 Å². The number of pyridine rings is 1. The van der Waals surface area contributed by atoms with Crippen molar-refractivity contribution in [3.63, 3.8) is 0 Å². The van der Waals surface area contributed by atoms with E-state index < -0.39 is 79.7 Å². The van der Waals surface area contributed by atoms with Crippen LogP contribution in [-0.4, -0.2) is 96.6 Å². The van der Waals surface area contributed by atoms with Gasteiger partial charge in [-0.1, -0.05) is 26.8 Å². The topological polar surface area (TPSA) is 182 Å². The number of nitrogens with one attached hydrogen (secondary N) is 3. The summed E-state index contributed by atoms with van der Waals surface area (Å²) in [6.45, 7) is 14.2. The Balaban J connectivity index is 1.47. The summed E-state index contributed by atoms with van der Waals surface area (Å²) >= 11 is 1.51. The lowest BCUT2D eigenvalue weighted by atomic mass is 9.85. The Labute approximate surface area is 309 Å². The summed E-state index contributed by atoms with van der Waals surface area (Å²) in [5.41, 5.74) is -3.21. The zero-order valence-electron chi connectivity index (χ0n) is 30.9. The summed E-state index contributed by atoms with van der Waals surface area (Å²) in [6, 6.07) is 3.23. The number of hydrogen-bond acceptors (Lipinski definition) is 11. The molecule has 1 unspecified atom stereocenters. The molecule has 2 saturated carbocycles. The average Bonchev–Trinajstić information content (AvgIpc) is 3.98. The van der Waals surface area contributed by atoms with E-state index in [-0.39, 0.29) is 19.4 Å². The Hall–Kier alpha value is -4.05. The molecule has 52 heavy (non-hydrogen) atoms. The third-order valence-corrected chi connectivity index (χ3v) is 12.0. The summed E-state index contributed by atoms with van der Waals surface area (Å²) in [4.78, 5) is 61.9. The highest BCUT2D eigenvalue weighted by atomic mass is 32.2. The van der Waals surface area contributed by atoms with Crippen molar-refractivity contribution in [1.82, 2.24) is 25.2 Å². The number of hydrogen-bond donors (Lipinski definition) is 3. The molecule has 14 nitrogen and oxygen atoms in total. The van der Waals surface area contributed by atoms with Gasteiger partial charge in [0.05, 0.1) is 23.8 Å². The fourth-order valence-corrected chi connectivity index (χ4v) is 8.55. The molecule has 2 aliphatic carbocycles. The molecule has 1 aliphatic heterocycles. The maximum absolute atomic E-state index is 14.5. The minimum absolute atomic E-state index is 0.0152. The molecule has 1 aromatic carbocycles. The van der Waals surface area contributed by atoms with E-state index in [1.165, 1.54) is 22.7 Å². The fraction of sp³-hybridized carbons (Fsp3) is 0.583. The van der Waals surface area contributed by atoms with Crippen molar-refractivity contribution in [1.29, 1.82) is 0 Å². The number of carbonyl (C=O) groups is 4. The highest BCUT2D eigenvalue weighted by Gasteiger charge is 2.62. The predicted molar refractivity (Wildman–Crippen MR) is 196 cm³/mol. The van der Waals surface area contributed by atoms with E-state index in [0.29, 0.717) is 29.9 Å². The van der Waals surface area contributed by atoms with Crippen LogP contribution in [0.1, 0.15) is 67.2 Å². The second-order valence-corrected chi connectivity index (χ2v) is 18.4. The van der Waals surface area contributed by atoms with Crippen molar-refractivity contribution < 1.29 is 41.8 Å². The summed E-state index contributed by atoms with van der Waals surface area (Å²) in [6.07, 6.45) is 4.58. The maximum atomic E-state index is 14.5. The van der Waals surface area contributed by atoms with Crippen molar-refractivity contribution in [2.24, 2.45) is 11.3 Å². The molecule has 2 heterocycles. The molecular formula is C36H49N5O9S2. The molecule has 2 aromatic rings. The van der Waals surface area contributed by atoms with Crippen LogP contribution in [0.15, 0.2) is 41.9 Å². The van der Waals surface area contributed by atoms with Gasteiger partial charge in [0.1, 0.15) is 35.1 Å². The van der Waals surface area contributed by atoms with Crippen LogP contribution in [0, 0.1) is 11.3 Å². The van der Waals surface area contributed by atoms with Gasteiger partial charge in [0.2, 0.25) is 27.7 Å². The largest absolute Gasteiger partial charge is 0.496 e. The van der Waals surface area contributed by atoms with Gasteiger partial charge in [-0.05, 0) is 69.9 Å². The number of likely N-dealkylation sites (tertiary alicyclic amines) is 1. The van der Waals surface area contributed by atoms with Crippen LogP contribution in [0.5, 0.6) is 11.6 Å². The lowest BCUT2D eigenvalue weighted by Crippen LogP contribution is -2.60. The molecule has 0 spiro atoms. The first-order valence-corrected chi connectivity index (χ1v) is 20.0. The molecule has 4 amide bonds. The second kappa shape index (κ2) is 14.4. The van der Waals surface area contributed by atoms with Gasteiger partial charge in [-0.3, -0.25) is 19.1 Å². The van der Waals surface area contributed by atoms with Crippen LogP contribution in [0.4, 0.5) is 4.79 Å². The SMILES string of the molecule is C=CC1C[C@]1(NC(=O)[C@@H]1C[C@@H](Oc2nccc3c(SC)c(OC)ccc23)CN1C(=O)[C@@H](NC(=O)OC(C)(C)C)C(C)(C)C)C(=O)NS(=O)(=O)C1CC1. The molecule has 16 heteroatoms. The number of methoxy groups -OCH3 is 1. The third-order valence-electron chi connectivity index (χ3n) is 9.40. The van der Waals surface area contributed by atoms with Gasteiger partial charge >= 0.3 is 6.09 Å². The van der Waals surface area contributed by atoms with Crippen LogP contribution in [-0.2, 0) is 29.1 Å². The number of carbonyl (C=O) groups excluding carboxylic acids is 4. The number of rotatable bonds is 12. The van der Waals surface area contributed by atoms with Crippen LogP contribution < -0.4 is 24.8 Å². The number of alkyl carbamates (subject to hydrolysis) is 1. The van der Waals surface area contributed by atoms with Gasteiger partial charge in [-0.2, -0.15) is 0 Å². The van der Waals surface area contributed by atoms with Crippen molar-refractivity contribution in [3.05, 3.63) is 37.1 Å². The molecule has 0 radical (unpaired) electrons. The van der Waals surface area contributed by atoms with Gasteiger partial charge in [0.15, 0.2) is 0 Å². The van der Waals surface area contributed by atoms with E-state index >= 15 is 0 Å². The second-order valence-electron chi connectivity index (χ2n) is 15.6. The molecule has 1 aromatic heterocycles. The van der Waals surface area contributed by atoms with Gasteiger partial charge in [0, 0.05) is 29.3 Å². The molecular weight excluding hydrogens is 711 g/mol. The summed E-state index contributed by atoms with van der Waals surface area (Å²) < 4.78 is 45.0. The molecule has 284 valence electrons. The third kappa shape index (κ3) is 8.27. The lowest BCUT2D eigenvalue weighted by Gasteiger charge is -2.36. The first-order chi connectivity index (χ1) is 24.2. The number of fused-ring (bicyclic) bond motifs is 1. The molecule has 5 rings (SSSR count). The Morgan fingerprint density at radius 2 is 1.79 bits per heavy atom. The summed E-state index contributed by atoms with van der Waals surface area (Å²) in [5, 5.41) is 6.40. The van der Waals surface area contributed by atoms with Crippen LogP contribution >= 0.6 is 11.8 Å². The Morgan fingerprint density at radius 3 is 2.35 bits per heavy atom. The van der Waals surface area contributed by atoms with E-state index in [9.17, 15) is 27.6 Å². The number of aromatic nitrogens is 1. The number of benzene rings is 1. The van der Waals surface area contributed by atoms with Crippen LogP contribution in [0.25, 0.3) is 10.8 Å². The Morgan fingerprint density at radius 1 is 1.10 bits per heavy atom. The zero-order valence-corrected chi connectivity index (χ0v) is 32.5. The molecule has 3 N–H and O–H groups in total. The number of nitrogens with zero attached hydrogens (tertiary/aromatic N) is 2. The smallest absolute Gasteiger partial charge is 0.408 e. The van der Waals surface area contributed by atoms with Gasteiger partial charge in [-0.15, -0.1) is 18.3 Å². The molecule has 0 bridgehead atoms. The molecule has 3 fully saturated rings. The van der Waals surface area contributed by atoms with Crippen molar-refractivity contribution in [3.8, 4) is 11.6 Å². The van der Waals surface area contributed by atoms with Crippen molar-refractivity contribution in [2.45, 2.75) is 107 Å². The molecule has 5 atom stereocenters. The fourth-order valence-electron chi connectivity index (χ4n) is 6.44.